The molecule has 1 amide bonds. The number of carbonyl (C=O) groups is 1. The maximum Gasteiger partial charge on any atom is 0.245 e. The van der Waals surface area contributed by atoms with Crippen LogP contribution in [0.15, 0.2) is 67.3 Å². The molecule has 3 heteroatoms. The third-order valence-corrected chi connectivity index (χ3v) is 5.28. The van der Waals surface area contributed by atoms with Gasteiger partial charge in [-0.15, -0.1) is 18.3 Å². The molecule has 0 bridgehead atoms. The predicted octanol–water partition coefficient (Wildman–Crippen LogP) is 4.34. The normalized spacial score (nSPS) is 19.9. The highest BCUT2D eigenvalue weighted by Gasteiger charge is 2.46. The van der Waals surface area contributed by atoms with Crippen molar-refractivity contribution < 1.29 is 4.79 Å². The molecule has 0 saturated carbocycles. The van der Waals surface area contributed by atoms with Gasteiger partial charge in [0.2, 0.25) is 5.91 Å². The fraction of sp³-hybridized carbons (Fsp3) is 0.167. The van der Waals surface area contributed by atoms with Crippen molar-refractivity contribution in [2.24, 2.45) is 0 Å². The standard InChI is InChI=1S/C18H17NOS/c1-2-12-18(21-13-14-8-4-3-5-9-14)15-10-6-7-11-16(15)19-17(18)20/h2-11H,1,12-13H2,(H,19,20). The molecule has 1 N–H and O–H groups in total. The van der Waals surface area contributed by atoms with Gasteiger partial charge in [-0.2, -0.15) is 0 Å². The summed E-state index contributed by atoms with van der Waals surface area (Å²) in [5.41, 5.74) is 3.21. The van der Waals surface area contributed by atoms with Crippen LogP contribution in [0.25, 0.3) is 0 Å². The third-order valence-electron chi connectivity index (χ3n) is 3.74. The molecule has 21 heavy (non-hydrogen) atoms. The monoisotopic (exact) mass is 295 g/mol. The van der Waals surface area contributed by atoms with Gasteiger partial charge in [0, 0.05) is 17.0 Å². The summed E-state index contributed by atoms with van der Waals surface area (Å²) in [4.78, 5) is 12.6. The molecule has 0 aliphatic carbocycles. The van der Waals surface area contributed by atoms with Crippen LogP contribution in [0.1, 0.15) is 17.5 Å². The maximum absolute atomic E-state index is 12.6. The van der Waals surface area contributed by atoms with E-state index in [0.29, 0.717) is 6.42 Å². The van der Waals surface area contributed by atoms with Crippen LogP contribution >= 0.6 is 11.8 Å². The minimum Gasteiger partial charge on any atom is -0.324 e. The van der Waals surface area contributed by atoms with E-state index in [0.717, 1.165) is 17.0 Å². The quantitative estimate of drug-likeness (QED) is 0.831. The Morgan fingerprint density at radius 1 is 1.10 bits per heavy atom. The van der Waals surface area contributed by atoms with Crippen LogP contribution in [0.5, 0.6) is 0 Å². The lowest BCUT2D eigenvalue weighted by atomic mass is 9.96. The maximum atomic E-state index is 12.6. The molecule has 1 aliphatic rings. The van der Waals surface area contributed by atoms with E-state index >= 15 is 0 Å². The molecule has 1 atom stereocenters. The number of hydrogen-bond acceptors (Lipinski definition) is 2. The van der Waals surface area contributed by atoms with Gasteiger partial charge in [0.1, 0.15) is 4.75 Å². The Bertz CT molecular complexity index is 668. The van der Waals surface area contributed by atoms with Gasteiger partial charge in [0.05, 0.1) is 0 Å². The van der Waals surface area contributed by atoms with Crippen LogP contribution in [-0.4, -0.2) is 5.91 Å². The number of nitrogens with one attached hydrogen (secondary N) is 1. The van der Waals surface area contributed by atoms with E-state index in [-0.39, 0.29) is 5.91 Å². The molecule has 1 heterocycles. The van der Waals surface area contributed by atoms with Crippen molar-refractivity contribution in [2.45, 2.75) is 16.9 Å². The van der Waals surface area contributed by atoms with Crippen molar-refractivity contribution in [3.05, 3.63) is 78.4 Å². The van der Waals surface area contributed by atoms with Gasteiger partial charge in [-0.05, 0) is 18.1 Å². The van der Waals surface area contributed by atoms with Crippen molar-refractivity contribution in [2.75, 3.05) is 5.32 Å². The number of anilines is 1. The molecule has 0 aromatic heterocycles. The molecule has 0 fully saturated rings. The molecule has 2 aromatic carbocycles. The number of para-hydroxylation sites is 1. The van der Waals surface area contributed by atoms with Crippen molar-refractivity contribution in [3.8, 4) is 0 Å². The first-order chi connectivity index (χ1) is 10.3. The zero-order chi connectivity index (χ0) is 14.7. The molecule has 3 rings (SSSR count). The molecule has 0 saturated heterocycles. The SMILES string of the molecule is C=CCC1(SCc2ccccc2)C(=O)Nc2ccccc21. The topological polar surface area (TPSA) is 29.1 Å². The number of allylic oxidation sites excluding steroid dienone is 1. The van der Waals surface area contributed by atoms with Gasteiger partial charge >= 0.3 is 0 Å². The third kappa shape index (κ3) is 2.49. The summed E-state index contributed by atoms with van der Waals surface area (Å²) in [6.45, 7) is 3.84. The average Bonchev–Trinajstić information content (AvgIpc) is 2.80. The van der Waals surface area contributed by atoms with Crippen molar-refractivity contribution in [3.63, 3.8) is 0 Å². The second-order valence-electron chi connectivity index (χ2n) is 5.09. The fourth-order valence-electron chi connectivity index (χ4n) is 2.68. The van der Waals surface area contributed by atoms with Crippen LogP contribution < -0.4 is 5.32 Å². The Labute approximate surface area is 129 Å². The molecule has 1 aliphatic heterocycles. The summed E-state index contributed by atoms with van der Waals surface area (Å²) in [6.07, 6.45) is 2.47. The molecule has 0 radical (unpaired) electrons. The van der Waals surface area contributed by atoms with Gasteiger partial charge in [-0.25, -0.2) is 0 Å². The van der Waals surface area contributed by atoms with Crippen LogP contribution in [0, 0.1) is 0 Å². The lowest BCUT2D eigenvalue weighted by Crippen LogP contribution is -2.30. The van der Waals surface area contributed by atoms with E-state index in [4.69, 9.17) is 0 Å². The van der Waals surface area contributed by atoms with Crippen molar-refractivity contribution in [1.82, 2.24) is 0 Å². The highest BCUT2D eigenvalue weighted by Crippen LogP contribution is 2.49. The summed E-state index contributed by atoms with van der Waals surface area (Å²) in [6, 6.07) is 18.2. The lowest BCUT2D eigenvalue weighted by Gasteiger charge is -2.25. The lowest BCUT2D eigenvalue weighted by molar-refractivity contribution is -0.118. The first-order valence-electron chi connectivity index (χ1n) is 6.96. The van der Waals surface area contributed by atoms with Crippen molar-refractivity contribution >= 4 is 23.4 Å². The van der Waals surface area contributed by atoms with Crippen molar-refractivity contribution in [1.29, 1.82) is 0 Å². The number of fused-ring (bicyclic) bond motifs is 1. The first-order valence-corrected chi connectivity index (χ1v) is 7.94. The Kier molecular flexibility index (Phi) is 3.84. The largest absolute Gasteiger partial charge is 0.324 e. The van der Waals surface area contributed by atoms with Crippen LogP contribution in [0.2, 0.25) is 0 Å². The number of carbonyl (C=O) groups excluding carboxylic acids is 1. The Hall–Kier alpha value is -2.00. The number of amides is 1. The average molecular weight is 295 g/mol. The van der Waals surface area contributed by atoms with Crippen LogP contribution in [0.4, 0.5) is 5.69 Å². The van der Waals surface area contributed by atoms with Gasteiger partial charge in [-0.3, -0.25) is 4.79 Å². The summed E-state index contributed by atoms with van der Waals surface area (Å²) < 4.78 is -0.561. The second kappa shape index (κ2) is 5.78. The summed E-state index contributed by atoms with van der Waals surface area (Å²) in [7, 11) is 0. The van der Waals surface area contributed by atoms with Gasteiger partial charge in [-0.1, -0.05) is 54.6 Å². The molecular formula is C18H17NOS. The molecule has 1 unspecified atom stereocenters. The summed E-state index contributed by atoms with van der Waals surface area (Å²) >= 11 is 1.68. The Morgan fingerprint density at radius 3 is 2.57 bits per heavy atom. The Balaban J connectivity index is 1.93. The number of thioether (sulfide) groups is 1. The van der Waals surface area contributed by atoms with Gasteiger partial charge in [0.15, 0.2) is 0 Å². The molecular weight excluding hydrogens is 278 g/mol. The van der Waals surface area contributed by atoms with Gasteiger partial charge < -0.3 is 5.32 Å². The summed E-state index contributed by atoms with van der Waals surface area (Å²) in [5, 5.41) is 3.00. The smallest absolute Gasteiger partial charge is 0.245 e. The van der Waals surface area contributed by atoms with E-state index in [2.05, 4.69) is 24.0 Å². The fourth-order valence-corrected chi connectivity index (χ4v) is 4.04. The van der Waals surface area contributed by atoms with E-state index in [1.807, 2.05) is 48.5 Å². The van der Waals surface area contributed by atoms with E-state index in [9.17, 15) is 4.79 Å². The molecule has 0 spiro atoms. The molecule has 106 valence electrons. The van der Waals surface area contributed by atoms with E-state index in [1.165, 1.54) is 5.56 Å². The summed E-state index contributed by atoms with van der Waals surface area (Å²) in [5.74, 6) is 0.862. The van der Waals surface area contributed by atoms with Gasteiger partial charge in [0.25, 0.3) is 0 Å². The number of hydrogen-bond donors (Lipinski definition) is 1. The highest BCUT2D eigenvalue weighted by atomic mass is 32.2. The number of rotatable bonds is 5. The second-order valence-corrected chi connectivity index (χ2v) is 6.37. The predicted molar refractivity (Wildman–Crippen MR) is 89.3 cm³/mol. The highest BCUT2D eigenvalue weighted by molar-refractivity contribution is 8.00. The van der Waals surface area contributed by atoms with E-state index < -0.39 is 4.75 Å². The van der Waals surface area contributed by atoms with Crippen LogP contribution in [0.3, 0.4) is 0 Å². The zero-order valence-electron chi connectivity index (χ0n) is 11.7. The first kappa shape index (κ1) is 14.0. The molecule has 2 nitrogen and oxygen atoms in total. The number of benzene rings is 2. The van der Waals surface area contributed by atoms with Crippen LogP contribution in [-0.2, 0) is 15.3 Å². The molecule has 2 aromatic rings. The minimum atomic E-state index is -0.561. The minimum absolute atomic E-state index is 0.0598. The zero-order valence-corrected chi connectivity index (χ0v) is 12.5. The van der Waals surface area contributed by atoms with E-state index in [1.54, 1.807) is 11.8 Å². The Morgan fingerprint density at radius 2 is 1.81 bits per heavy atom.